The highest BCUT2D eigenvalue weighted by Crippen LogP contribution is 2.31. The van der Waals surface area contributed by atoms with E-state index in [1.54, 1.807) is 24.3 Å². The Kier molecular flexibility index (Phi) is 5.57. The van der Waals surface area contributed by atoms with E-state index in [0.29, 0.717) is 17.2 Å². The van der Waals surface area contributed by atoms with Gasteiger partial charge < -0.3 is 24.3 Å². The van der Waals surface area contributed by atoms with Crippen LogP contribution in [0.3, 0.4) is 0 Å². The minimum Gasteiger partial charge on any atom is -0.507 e. The molecule has 0 atom stereocenters. The Bertz CT molecular complexity index is 1300. The maximum absolute atomic E-state index is 12.5. The molecular weight excluding hydrogens is 398 g/mol. The van der Waals surface area contributed by atoms with Gasteiger partial charge in [-0.05, 0) is 12.1 Å². The van der Waals surface area contributed by atoms with Crippen LogP contribution in [-0.4, -0.2) is 24.7 Å². The standard InChI is InChI=1S/C24H19NO6/c1-29-17-9-5-8-16(10-17)25-23(28)14-30-18-11-19(26)24-20(27)13-21(31-22(24)12-18)15-6-3-2-4-7-15/h2-13,26H,14H2,1H3,(H,25,28). The normalized spacial score (nSPS) is 10.6. The SMILES string of the molecule is COc1cccc(NC(=O)COc2cc(O)c3c(=O)cc(-c4ccccc4)oc3c2)c1. The summed E-state index contributed by atoms with van der Waals surface area (Å²) in [4.78, 5) is 24.7. The van der Waals surface area contributed by atoms with Gasteiger partial charge >= 0.3 is 0 Å². The van der Waals surface area contributed by atoms with E-state index in [4.69, 9.17) is 13.9 Å². The zero-order chi connectivity index (χ0) is 21.8. The second kappa shape index (κ2) is 8.62. The maximum atomic E-state index is 12.5. The molecule has 0 unspecified atom stereocenters. The lowest BCUT2D eigenvalue weighted by Crippen LogP contribution is -2.20. The van der Waals surface area contributed by atoms with Gasteiger partial charge in [0.05, 0.1) is 7.11 Å². The number of hydrogen-bond acceptors (Lipinski definition) is 6. The predicted octanol–water partition coefficient (Wildman–Crippen LogP) is 4.19. The summed E-state index contributed by atoms with van der Waals surface area (Å²) in [6.45, 7) is -0.301. The molecule has 3 aromatic carbocycles. The van der Waals surface area contributed by atoms with Crippen molar-refractivity contribution in [2.45, 2.75) is 0 Å². The molecular formula is C24H19NO6. The first-order chi connectivity index (χ1) is 15.0. The highest BCUT2D eigenvalue weighted by Gasteiger charge is 2.14. The van der Waals surface area contributed by atoms with Crippen molar-refractivity contribution in [1.29, 1.82) is 0 Å². The topological polar surface area (TPSA) is 98.0 Å². The van der Waals surface area contributed by atoms with Crippen LogP contribution in [0.25, 0.3) is 22.3 Å². The van der Waals surface area contributed by atoms with Crippen LogP contribution in [-0.2, 0) is 4.79 Å². The molecule has 0 radical (unpaired) electrons. The minimum atomic E-state index is -0.396. The molecule has 1 aromatic heterocycles. The van der Waals surface area contributed by atoms with Crippen LogP contribution >= 0.6 is 0 Å². The molecule has 0 bridgehead atoms. The van der Waals surface area contributed by atoms with Crippen molar-refractivity contribution in [2.75, 3.05) is 19.0 Å². The Labute approximate surface area is 177 Å². The molecule has 2 N–H and O–H groups in total. The third-order valence-electron chi connectivity index (χ3n) is 4.57. The number of rotatable bonds is 6. The van der Waals surface area contributed by atoms with E-state index in [1.165, 1.54) is 25.3 Å². The second-order valence-electron chi connectivity index (χ2n) is 6.73. The number of nitrogens with one attached hydrogen (secondary N) is 1. The van der Waals surface area contributed by atoms with E-state index in [9.17, 15) is 14.7 Å². The van der Waals surface area contributed by atoms with E-state index >= 15 is 0 Å². The summed E-state index contributed by atoms with van der Waals surface area (Å²) in [5, 5.41) is 13.0. The monoisotopic (exact) mass is 417 g/mol. The van der Waals surface area contributed by atoms with Gasteiger partial charge in [0.2, 0.25) is 0 Å². The number of anilines is 1. The first kappa shape index (κ1) is 20.0. The molecule has 156 valence electrons. The number of phenolic OH excluding ortho intramolecular Hbond substituents is 1. The lowest BCUT2D eigenvalue weighted by Gasteiger charge is -2.10. The van der Waals surface area contributed by atoms with E-state index in [0.717, 1.165) is 5.56 Å². The average molecular weight is 417 g/mol. The van der Waals surface area contributed by atoms with E-state index in [1.807, 2.05) is 30.3 Å². The number of carbonyl (C=O) groups is 1. The zero-order valence-electron chi connectivity index (χ0n) is 16.6. The Morgan fingerprint density at radius 2 is 1.81 bits per heavy atom. The fourth-order valence-electron chi connectivity index (χ4n) is 3.12. The van der Waals surface area contributed by atoms with E-state index in [-0.39, 0.29) is 34.5 Å². The van der Waals surface area contributed by atoms with Crippen molar-refractivity contribution in [3.8, 4) is 28.6 Å². The van der Waals surface area contributed by atoms with Crippen LogP contribution in [0, 0.1) is 0 Å². The predicted molar refractivity (Wildman–Crippen MR) is 117 cm³/mol. The van der Waals surface area contributed by atoms with Crippen molar-refractivity contribution < 1.29 is 23.8 Å². The number of phenols is 1. The summed E-state index contributed by atoms with van der Waals surface area (Å²) < 4.78 is 16.5. The third-order valence-corrected chi connectivity index (χ3v) is 4.57. The zero-order valence-corrected chi connectivity index (χ0v) is 16.6. The van der Waals surface area contributed by atoms with Crippen LogP contribution in [0.5, 0.6) is 17.2 Å². The number of methoxy groups -OCH3 is 1. The van der Waals surface area contributed by atoms with Crippen LogP contribution in [0.4, 0.5) is 5.69 Å². The summed E-state index contributed by atoms with van der Waals surface area (Å²) in [5.74, 6) is 0.494. The molecule has 0 spiro atoms. The second-order valence-corrected chi connectivity index (χ2v) is 6.73. The molecule has 4 rings (SSSR count). The summed E-state index contributed by atoms with van der Waals surface area (Å²) in [6, 6.07) is 20.2. The largest absolute Gasteiger partial charge is 0.507 e. The molecule has 31 heavy (non-hydrogen) atoms. The Morgan fingerprint density at radius 1 is 1.00 bits per heavy atom. The average Bonchev–Trinajstić information content (AvgIpc) is 2.78. The molecule has 4 aromatic rings. The molecule has 0 saturated carbocycles. The minimum absolute atomic E-state index is 0.0489. The lowest BCUT2D eigenvalue weighted by atomic mass is 10.1. The first-order valence-electron chi connectivity index (χ1n) is 9.46. The van der Waals surface area contributed by atoms with Crippen LogP contribution in [0.15, 0.2) is 82.0 Å². The van der Waals surface area contributed by atoms with Crippen molar-refractivity contribution in [1.82, 2.24) is 0 Å². The fourth-order valence-corrected chi connectivity index (χ4v) is 3.12. The highest BCUT2D eigenvalue weighted by molar-refractivity contribution is 5.92. The van der Waals surface area contributed by atoms with Crippen LogP contribution in [0.1, 0.15) is 0 Å². The van der Waals surface area contributed by atoms with Crippen LogP contribution < -0.4 is 20.2 Å². The molecule has 7 nitrogen and oxygen atoms in total. The Balaban J connectivity index is 1.55. The van der Waals surface area contributed by atoms with Gasteiger partial charge in [-0.2, -0.15) is 0 Å². The number of benzene rings is 3. The number of carbonyl (C=O) groups excluding carboxylic acids is 1. The van der Waals surface area contributed by atoms with Crippen LogP contribution in [0.2, 0.25) is 0 Å². The highest BCUT2D eigenvalue weighted by atomic mass is 16.5. The van der Waals surface area contributed by atoms with Gasteiger partial charge in [-0.25, -0.2) is 0 Å². The smallest absolute Gasteiger partial charge is 0.262 e. The van der Waals surface area contributed by atoms with Crippen molar-refractivity contribution in [3.63, 3.8) is 0 Å². The molecule has 0 aliphatic rings. The molecule has 0 aliphatic carbocycles. The van der Waals surface area contributed by atoms with Gasteiger partial charge in [0.1, 0.15) is 34.0 Å². The molecule has 0 fully saturated rings. The van der Waals surface area contributed by atoms with E-state index < -0.39 is 5.91 Å². The fraction of sp³-hybridized carbons (Fsp3) is 0.0833. The number of ether oxygens (including phenoxy) is 2. The summed E-state index contributed by atoms with van der Waals surface area (Å²) in [6.07, 6.45) is 0. The Morgan fingerprint density at radius 3 is 2.58 bits per heavy atom. The quantitative estimate of drug-likeness (QED) is 0.488. The van der Waals surface area contributed by atoms with Gasteiger partial charge in [0.25, 0.3) is 5.91 Å². The lowest BCUT2D eigenvalue weighted by molar-refractivity contribution is -0.118. The maximum Gasteiger partial charge on any atom is 0.262 e. The molecule has 1 amide bonds. The van der Waals surface area contributed by atoms with Crippen molar-refractivity contribution >= 4 is 22.6 Å². The van der Waals surface area contributed by atoms with Gasteiger partial charge in [-0.1, -0.05) is 36.4 Å². The number of fused-ring (bicyclic) bond motifs is 1. The summed E-state index contributed by atoms with van der Waals surface area (Å²) in [5.41, 5.74) is 1.08. The molecule has 7 heteroatoms. The number of aromatic hydroxyl groups is 1. The van der Waals surface area contributed by atoms with E-state index in [2.05, 4.69) is 5.32 Å². The van der Waals surface area contributed by atoms with Crippen molar-refractivity contribution in [3.05, 3.63) is 83.0 Å². The summed E-state index contributed by atoms with van der Waals surface area (Å²) in [7, 11) is 1.54. The van der Waals surface area contributed by atoms with Gasteiger partial charge in [-0.3, -0.25) is 9.59 Å². The van der Waals surface area contributed by atoms with Gasteiger partial charge in [-0.15, -0.1) is 0 Å². The van der Waals surface area contributed by atoms with Gasteiger partial charge in [0.15, 0.2) is 12.0 Å². The molecule has 1 heterocycles. The van der Waals surface area contributed by atoms with Gasteiger partial charge in [0, 0.05) is 35.5 Å². The summed E-state index contributed by atoms with van der Waals surface area (Å²) >= 11 is 0. The number of amides is 1. The number of hydrogen-bond donors (Lipinski definition) is 2. The first-order valence-corrected chi connectivity index (χ1v) is 9.46. The third kappa shape index (κ3) is 4.51. The molecule has 0 saturated heterocycles. The van der Waals surface area contributed by atoms with Crippen molar-refractivity contribution in [2.24, 2.45) is 0 Å². The Hall–Kier alpha value is -4.26. The molecule has 0 aliphatic heterocycles.